The Morgan fingerprint density at radius 2 is 2.00 bits per heavy atom. The van der Waals surface area contributed by atoms with Crippen molar-refractivity contribution in [2.24, 2.45) is 4.99 Å². The Kier molecular flexibility index (Phi) is 7.71. The number of carbonyl (C=O) groups excluding carboxylic acids is 2. The van der Waals surface area contributed by atoms with Gasteiger partial charge >= 0.3 is 5.95 Å². The van der Waals surface area contributed by atoms with Gasteiger partial charge in [0, 0.05) is 37.4 Å². The number of anilines is 1. The van der Waals surface area contributed by atoms with Crippen LogP contribution >= 0.6 is 11.6 Å². The molecule has 1 unspecified atom stereocenters. The number of rotatable bonds is 7. The normalized spacial score (nSPS) is 18.1. The number of carbonyl (C=O) groups is 2. The van der Waals surface area contributed by atoms with Crippen molar-refractivity contribution in [1.29, 1.82) is 0 Å². The Morgan fingerprint density at radius 1 is 1.16 bits per heavy atom. The summed E-state index contributed by atoms with van der Waals surface area (Å²) in [4.78, 5) is 41.9. The van der Waals surface area contributed by atoms with Crippen molar-refractivity contribution in [3.8, 4) is 5.69 Å². The van der Waals surface area contributed by atoms with Gasteiger partial charge in [-0.05, 0) is 52.4 Å². The maximum Gasteiger partial charge on any atom is 0.357 e. The molecule has 1 amide bonds. The first-order valence-electron chi connectivity index (χ1n) is 14.8. The third-order valence-electron chi connectivity index (χ3n) is 8.64. The number of likely N-dealkylation sites (N-methyl/N-ethyl adjacent to an activating group) is 1. The van der Waals surface area contributed by atoms with E-state index in [-0.39, 0.29) is 22.8 Å². The van der Waals surface area contributed by atoms with E-state index in [0.717, 1.165) is 54.5 Å². The van der Waals surface area contributed by atoms with Crippen LogP contribution in [0.2, 0.25) is 5.02 Å². The molecule has 3 aliphatic rings. The number of benzene rings is 2. The van der Waals surface area contributed by atoms with Gasteiger partial charge < -0.3 is 9.80 Å². The average Bonchev–Trinajstić information content (AvgIpc) is 3.83. The maximum atomic E-state index is 15.2. The van der Waals surface area contributed by atoms with E-state index in [2.05, 4.69) is 46.9 Å². The van der Waals surface area contributed by atoms with Crippen LogP contribution in [0.25, 0.3) is 11.8 Å². The Morgan fingerprint density at radius 3 is 2.80 bits per heavy atom. The van der Waals surface area contributed by atoms with E-state index < -0.39 is 17.8 Å². The number of aromatic amines is 1. The van der Waals surface area contributed by atoms with Crippen molar-refractivity contribution in [3.05, 3.63) is 87.7 Å². The topological polar surface area (TPSA) is 119 Å². The Balaban J connectivity index is 1.21. The highest BCUT2D eigenvalue weighted by Crippen LogP contribution is 2.29. The first kappa shape index (κ1) is 29.0. The first-order valence-corrected chi connectivity index (χ1v) is 15.1. The highest BCUT2D eigenvalue weighted by Gasteiger charge is 2.41. The van der Waals surface area contributed by atoms with Crippen molar-refractivity contribution in [2.45, 2.75) is 25.6 Å². The minimum Gasteiger partial charge on any atom is -0.319 e. The molecule has 0 saturated carbocycles. The maximum absolute atomic E-state index is 15.2. The predicted octanol–water partition coefficient (Wildman–Crippen LogP) is 2.16. The number of fused-ring (bicyclic) bond motifs is 2. The smallest absolute Gasteiger partial charge is 0.319 e. The highest BCUT2D eigenvalue weighted by atomic mass is 35.5. The van der Waals surface area contributed by atoms with Crippen LogP contribution < -0.4 is 9.47 Å². The largest absolute Gasteiger partial charge is 0.357 e. The molecule has 1 atom stereocenters. The molecule has 230 valence electrons. The van der Waals surface area contributed by atoms with E-state index in [1.807, 2.05) is 30.6 Å². The van der Waals surface area contributed by atoms with Crippen LogP contribution in [0.15, 0.2) is 53.9 Å². The van der Waals surface area contributed by atoms with Crippen molar-refractivity contribution in [3.63, 3.8) is 0 Å². The molecular weight excluding hydrogens is 599 g/mol. The number of nitrogens with zero attached hydrogens (tertiary/aromatic N) is 9. The van der Waals surface area contributed by atoms with Gasteiger partial charge in [0.2, 0.25) is 5.91 Å². The number of ketones is 1. The number of Topliss-reactive ketones (excluding diaryl/α,β-unsaturated/α-hetero) is 1. The quantitative estimate of drug-likeness (QED) is 0.246. The summed E-state index contributed by atoms with van der Waals surface area (Å²) < 4.78 is 18.6. The molecule has 1 N–H and O–H groups in total. The summed E-state index contributed by atoms with van der Waals surface area (Å²) in [5.74, 6) is -0.316. The van der Waals surface area contributed by atoms with Gasteiger partial charge in [-0.15, -0.1) is 5.10 Å². The van der Waals surface area contributed by atoms with Crippen LogP contribution in [-0.4, -0.2) is 92.7 Å². The fourth-order valence-corrected chi connectivity index (χ4v) is 6.40. The van der Waals surface area contributed by atoms with Crippen LogP contribution in [0.5, 0.6) is 0 Å². The van der Waals surface area contributed by atoms with Gasteiger partial charge in [0.15, 0.2) is 11.6 Å². The molecule has 0 aliphatic carbocycles. The van der Waals surface area contributed by atoms with Crippen LogP contribution in [0.3, 0.4) is 0 Å². The van der Waals surface area contributed by atoms with Gasteiger partial charge in [-0.1, -0.05) is 29.8 Å². The molecule has 2 aromatic carbocycles. The zero-order chi connectivity index (χ0) is 31.1. The van der Waals surface area contributed by atoms with Crippen molar-refractivity contribution in [1.82, 2.24) is 35.0 Å². The molecule has 12 nitrogen and oxygen atoms in total. The summed E-state index contributed by atoms with van der Waals surface area (Å²) in [7, 11) is 2.10. The number of aliphatic imine (C=N–C) groups is 1. The number of piperazine rings is 1. The van der Waals surface area contributed by atoms with E-state index in [1.165, 1.54) is 29.2 Å². The number of amides is 1. The Hall–Kier alpha value is -4.75. The van der Waals surface area contributed by atoms with Gasteiger partial charge in [-0.25, -0.2) is 13.9 Å². The molecule has 0 bridgehead atoms. The summed E-state index contributed by atoms with van der Waals surface area (Å²) in [5.41, 5.74) is 4.09. The lowest BCUT2D eigenvalue weighted by Gasteiger charge is -2.34. The molecule has 14 heteroatoms. The zero-order valence-electron chi connectivity index (χ0n) is 24.6. The monoisotopic (exact) mass is 629 g/mol. The molecule has 1 saturated heterocycles. The molecule has 1 fully saturated rings. The third-order valence-corrected chi connectivity index (χ3v) is 8.93. The summed E-state index contributed by atoms with van der Waals surface area (Å²) in [6, 6.07) is 8.06. The van der Waals surface area contributed by atoms with E-state index in [1.54, 1.807) is 11.0 Å². The molecular formula is C31H31ClFN10O2+. The molecule has 0 radical (unpaired) electrons. The highest BCUT2D eigenvalue weighted by molar-refractivity contribution is 6.31. The number of tetrazole rings is 1. The minimum atomic E-state index is -0.846. The second kappa shape index (κ2) is 12.0. The summed E-state index contributed by atoms with van der Waals surface area (Å²) >= 11 is 6.09. The Labute approximate surface area is 263 Å². The average molecular weight is 630 g/mol. The van der Waals surface area contributed by atoms with Gasteiger partial charge in [-0.3, -0.25) is 19.5 Å². The lowest BCUT2D eigenvalue weighted by Crippen LogP contribution is -2.58. The van der Waals surface area contributed by atoms with Crippen LogP contribution in [-0.2, 0) is 29.1 Å². The van der Waals surface area contributed by atoms with E-state index >= 15 is 4.39 Å². The molecule has 7 rings (SSSR count). The van der Waals surface area contributed by atoms with E-state index in [9.17, 15) is 9.59 Å². The van der Waals surface area contributed by atoms with Crippen molar-refractivity contribution in [2.75, 3.05) is 44.7 Å². The molecule has 45 heavy (non-hydrogen) atoms. The second-order valence-corrected chi connectivity index (χ2v) is 11.8. The van der Waals surface area contributed by atoms with Crippen molar-refractivity contribution >= 4 is 41.5 Å². The lowest BCUT2D eigenvalue weighted by molar-refractivity contribution is -0.698. The molecule has 2 aromatic heterocycles. The standard InChI is InChI=1S/C31H30ClFN10O2/c1-39-8-10-40(11-9-39)31-35-18-26-30(27(44)15-20-2-3-21-16-34-17-22(21)14-20)42(13-12-41(26)31)28(45)7-4-23-25(43-19-36-37-38-43)6-5-24(32)29(23)33/h2-7,14,16,18-19,30H,8-13,15,17H2,1H3/p+1/b7-4+. The zero-order valence-corrected chi connectivity index (χ0v) is 25.4. The third kappa shape index (κ3) is 5.53. The summed E-state index contributed by atoms with van der Waals surface area (Å²) in [6.07, 6.45) is 7.78. The van der Waals surface area contributed by atoms with E-state index in [4.69, 9.17) is 11.6 Å². The number of halogens is 2. The molecule has 4 aromatic rings. The minimum absolute atomic E-state index is 0.0532. The number of imidazole rings is 1. The molecule has 3 aliphatic heterocycles. The Bertz CT molecular complexity index is 1830. The number of hydrogen-bond acceptors (Lipinski definition) is 8. The lowest BCUT2D eigenvalue weighted by atomic mass is 9.96. The number of H-pyrrole nitrogens is 1. The number of aromatic nitrogens is 6. The number of nitrogens with one attached hydrogen (secondary N) is 1. The van der Waals surface area contributed by atoms with Crippen LogP contribution in [0.1, 0.15) is 34.0 Å². The summed E-state index contributed by atoms with van der Waals surface area (Å²) in [6.45, 7) is 4.96. The molecule has 0 spiro atoms. The van der Waals surface area contributed by atoms with Crippen LogP contribution in [0.4, 0.5) is 10.3 Å². The van der Waals surface area contributed by atoms with Gasteiger partial charge in [0.05, 0.1) is 49.6 Å². The first-order chi connectivity index (χ1) is 21.9. The van der Waals surface area contributed by atoms with Crippen molar-refractivity contribution < 1.29 is 18.5 Å². The van der Waals surface area contributed by atoms with Crippen LogP contribution in [0, 0.1) is 5.82 Å². The predicted molar refractivity (Wildman–Crippen MR) is 165 cm³/mol. The second-order valence-electron chi connectivity index (χ2n) is 11.4. The van der Waals surface area contributed by atoms with E-state index in [0.29, 0.717) is 25.3 Å². The van der Waals surface area contributed by atoms with Gasteiger partial charge in [0.1, 0.15) is 18.1 Å². The van der Waals surface area contributed by atoms with Gasteiger partial charge in [0.25, 0.3) is 0 Å². The van der Waals surface area contributed by atoms with Gasteiger partial charge in [-0.2, -0.15) is 4.68 Å². The fraction of sp³-hybridized carbons (Fsp3) is 0.323. The SMILES string of the molecule is CN1CCN(c2[nH]cc3[n+]2CCN(C(=O)/C=C/c2c(-n4cnnn4)ccc(Cl)c2F)C3C(=O)Cc2ccc3c(c2)CN=C3)CC1. The fourth-order valence-electron chi connectivity index (χ4n) is 6.24. The molecule has 5 heterocycles. The number of hydrogen-bond donors (Lipinski definition) is 1. The summed E-state index contributed by atoms with van der Waals surface area (Å²) in [5, 5.41) is 11.0.